The Labute approximate surface area is 112 Å². The lowest BCUT2D eigenvalue weighted by atomic mass is 9.83. The van der Waals surface area contributed by atoms with E-state index in [0.29, 0.717) is 5.92 Å². The van der Waals surface area contributed by atoms with Crippen molar-refractivity contribution in [3.8, 4) is 0 Å². The van der Waals surface area contributed by atoms with Crippen molar-refractivity contribution >= 4 is 0 Å². The summed E-state index contributed by atoms with van der Waals surface area (Å²) in [5, 5.41) is 10.1. The lowest BCUT2D eigenvalue weighted by Crippen LogP contribution is -2.55. The minimum absolute atomic E-state index is 0.202. The van der Waals surface area contributed by atoms with Gasteiger partial charge in [0.1, 0.15) is 5.66 Å². The summed E-state index contributed by atoms with van der Waals surface area (Å²) in [6.45, 7) is 6.76. The van der Waals surface area contributed by atoms with Gasteiger partial charge in [0.05, 0.1) is 0 Å². The summed E-state index contributed by atoms with van der Waals surface area (Å²) in [7, 11) is 6.00. The summed E-state index contributed by atoms with van der Waals surface area (Å²) in [6, 6.07) is 0. The van der Waals surface area contributed by atoms with Crippen molar-refractivity contribution in [3.63, 3.8) is 0 Å². The van der Waals surface area contributed by atoms with Gasteiger partial charge in [0.25, 0.3) is 0 Å². The number of hydrogen-bond acceptors (Lipinski definition) is 3. The first-order valence-electron chi connectivity index (χ1n) is 6.96. The number of hydrogen-bond donors (Lipinski definition) is 3. The maximum Gasteiger partial charge on any atom is 0.111 e. The van der Waals surface area contributed by atoms with Crippen molar-refractivity contribution in [1.82, 2.24) is 16.0 Å². The third-order valence-corrected chi connectivity index (χ3v) is 3.98. The molecule has 18 heavy (non-hydrogen) atoms. The van der Waals surface area contributed by atoms with Crippen LogP contribution in [0.5, 0.6) is 0 Å². The fourth-order valence-corrected chi connectivity index (χ4v) is 2.65. The monoisotopic (exact) mass is 251 g/mol. The molecule has 1 aliphatic carbocycles. The lowest BCUT2D eigenvalue weighted by Gasteiger charge is -2.38. The van der Waals surface area contributed by atoms with Crippen LogP contribution >= 0.6 is 0 Å². The van der Waals surface area contributed by atoms with E-state index in [9.17, 15) is 0 Å². The molecule has 3 nitrogen and oxygen atoms in total. The van der Waals surface area contributed by atoms with Crippen LogP contribution in [0.15, 0.2) is 23.4 Å². The highest BCUT2D eigenvalue weighted by Gasteiger charge is 2.32. The molecule has 0 fully saturated rings. The summed E-state index contributed by atoms with van der Waals surface area (Å²) in [5.41, 5.74) is 2.46. The summed E-state index contributed by atoms with van der Waals surface area (Å²) < 4.78 is 0. The molecule has 1 unspecified atom stereocenters. The molecule has 104 valence electrons. The van der Waals surface area contributed by atoms with Crippen LogP contribution in [0.25, 0.3) is 0 Å². The predicted octanol–water partition coefficient (Wildman–Crippen LogP) is 2.24. The fraction of sp³-hybridized carbons (Fsp3) is 0.733. The van der Waals surface area contributed by atoms with Crippen molar-refractivity contribution in [2.45, 2.75) is 39.3 Å². The minimum atomic E-state index is -0.202. The maximum absolute atomic E-state index is 3.37. The van der Waals surface area contributed by atoms with Crippen LogP contribution in [0.4, 0.5) is 0 Å². The van der Waals surface area contributed by atoms with Gasteiger partial charge in [0.15, 0.2) is 0 Å². The van der Waals surface area contributed by atoms with Gasteiger partial charge < -0.3 is 5.32 Å². The lowest BCUT2D eigenvalue weighted by molar-refractivity contribution is 0.405. The van der Waals surface area contributed by atoms with Crippen molar-refractivity contribution in [2.24, 2.45) is 11.8 Å². The van der Waals surface area contributed by atoms with Crippen LogP contribution in [-0.2, 0) is 0 Å². The van der Waals surface area contributed by atoms with Crippen LogP contribution in [0, 0.1) is 11.8 Å². The third kappa shape index (κ3) is 3.15. The second-order valence-corrected chi connectivity index (χ2v) is 5.59. The first kappa shape index (κ1) is 15.3. The predicted molar refractivity (Wildman–Crippen MR) is 79.3 cm³/mol. The molecule has 0 amide bonds. The first-order chi connectivity index (χ1) is 8.49. The number of likely N-dealkylation sites (N-methyl/N-ethyl adjacent to an activating group) is 2. The molecule has 1 rings (SSSR count). The van der Waals surface area contributed by atoms with E-state index in [-0.39, 0.29) is 5.66 Å². The number of nitrogens with one attached hydrogen (secondary N) is 3. The van der Waals surface area contributed by atoms with Gasteiger partial charge in [-0.3, -0.25) is 10.6 Å². The fourth-order valence-electron chi connectivity index (χ4n) is 2.65. The van der Waals surface area contributed by atoms with Crippen molar-refractivity contribution < 1.29 is 0 Å². The molecular formula is C15H29N3. The molecule has 0 aromatic carbocycles. The Hall–Kier alpha value is -0.800. The van der Waals surface area contributed by atoms with E-state index in [1.165, 1.54) is 24.1 Å². The molecule has 0 aliphatic heterocycles. The molecule has 1 aliphatic rings. The molecule has 3 heteroatoms. The first-order valence-corrected chi connectivity index (χ1v) is 6.96. The Morgan fingerprint density at radius 3 is 2.28 bits per heavy atom. The smallest absolute Gasteiger partial charge is 0.111 e. The zero-order valence-electron chi connectivity index (χ0n) is 12.7. The summed E-state index contributed by atoms with van der Waals surface area (Å²) in [5.74, 6) is 1.28. The Morgan fingerprint density at radius 1 is 1.22 bits per heavy atom. The van der Waals surface area contributed by atoms with E-state index in [1.54, 1.807) is 0 Å². The van der Waals surface area contributed by atoms with Gasteiger partial charge in [-0.2, -0.15) is 0 Å². The van der Waals surface area contributed by atoms with Crippen molar-refractivity contribution in [2.75, 3.05) is 21.1 Å². The highest BCUT2D eigenvalue weighted by molar-refractivity contribution is 5.36. The molecule has 0 saturated heterocycles. The van der Waals surface area contributed by atoms with E-state index >= 15 is 0 Å². The van der Waals surface area contributed by atoms with Gasteiger partial charge in [0, 0.05) is 18.7 Å². The molecule has 0 aromatic heterocycles. The molecule has 0 heterocycles. The van der Waals surface area contributed by atoms with Crippen molar-refractivity contribution in [3.05, 3.63) is 23.4 Å². The average Bonchev–Trinajstić information content (AvgIpc) is 2.36. The number of allylic oxidation sites excluding steroid dienone is 1. The van der Waals surface area contributed by atoms with Crippen LogP contribution in [0.2, 0.25) is 0 Å². The zero-order chi connectivity index (χ0) is 13.8. The molecular weight excluding hydrogens is 222 g/mol. The SMILES string of the molecule is CNC1=CC(NC)(NC)C(C)=CC1CCC(C)C. The number of rotatable bonds is 6. The van der Waals surface area contributed by atoms with Crippen molar-refractivity contribution in [1.29, 1.82) is 0 Å². The topological polar surface area (TPSA) is 36.1 Å². The molecule has 0 radical (unpaired) electrons. The van der Waals surface area contributed by atoms with Gasteiger partial charge in [-0.05, 0) is 45.0 Å². The normalized spacial score (nSPS) is 22.7. The highest BCUT2D eigenvalue weighted by Crippen LogP contribution is 2.30. The van der Waals surface area contributed by atoms with Gasteiger partial charge in [-0.25, -0.2) is 0 Å². The van der Waals surface area contributed by atoms with Crippen LogP contribution in [0.1, 0.15) is 33.6 Å². The molecule has 0 saturated carbocycles. The van der Waals surface area contributed by atoms with E-state index in [2.05, 4.69) is 48.9 Å². The third-order valence-electron chi connectivity index (χ3n) is 3.98. The zero-order valence-corrected chi connectivity index (χ0v) is 12.7. The quantitative estimate of drug-likeness (QED) is 0.500. The van der Waals surface area contributed by atoms with Crippen LogP contribution < -0.4 is 16.0 Å². The van der Waals surface area contributed by atoms with Gasteiger partial charge in [0.2, 0.25) is 0 Å². The molecule has 3 N–H and O–H groups in total. The largest absolute Gasteiger partial charge is 0.391 e. The average molecular weight is 251 g/mol. The summed E-state index contributed by atoms with van der Waals surface area (Å²) in [6.07, 6.45) is 7.15. The Morgan fingerprint density at radius 2 is 1.83 bits per heavy atom. The second-order valence-electron chi connectivity index (χ2n) is 5.59. The molecule has 0 spiro atoms. The van der Waals surface area contributed by atoms with E-state index in [4.69, 9.17) is 0 Å². The standard InChI is InChI=1S/C15H29N3/c1-11(2)7-8-13-9-12(3)15(17-5,18-6)10-14(13)16-4/h9-11,13,16-18H,7-8H2,1-6H3. The maximum atomic E-state index is 3.37. The van der Waals surface area contributed by atoms with Gasteiger partial charge >= 0.3 is 0 Å². The Kier molecular flexibility index (Phi) is 5.42. The summed E-state index contributed by atoms with van der Waals surface area (Å²) >= 11 is 0. The molecule has 1 atom stereocenters. The van der Waals surface area contributed by atoms with Crippen LogP contribution in [-0.4, -0.2) is 26.8 Å². The van der Waals surface area contributed by atoms with Crippen LogP contribution in [0.3, 0.4) is 0 Å². The highest BCUT2D eigenvalue weighted by atomic mass is 15.2. The molecule has 0 aromatic rings. The Bertz CT molecular complexity index is 325. The Balaban J connectivity index is 2.91. The second kappa shape index (κ2) is 6.39. The van der Waals surface area contributed by atoms with E-state index in [1.807, 2.05) is 21.1 Å². The van der Waals surface area contributed by atoms with Gasteiger partial charge in [-0.15, -0.1) is 0 Å². The molecule has 0 bridgehead atoms. The van der Waals surface area contributed by atoms with Gasteiger partial charge in [-0.1, -0.05) is 26.3 Å². The summed E-state index contributed by atoms with van der Waals surface area (Å²) in [4.78, 5) is 0. The van der Waals surface area contributed by atoms with E-state index in [0.717, 1.165) is 5.92 Å². The minimum Gasteiger partial charge on any atom is -0.391 e. The van der Waals surface area contributed by atoms with E-state index < -0.39 is 0 Å².